The monoisotopic (exact) mass is 483 g/mol. The standard InChI is InChI=1S/C27H38ClN5O/c1-17-6-7-24(25(28)9-17)19(3)30-26-18(2)12-29-27(31-26)33-14-22(15-33)21-5-4-8-32(13-21)23-10-20(11-23)16-34/h6-7,9,12,19-23,34H,4-5,8,10-11,13-16H2,1-3H3,(H,29,30,31). The number of hydrogen-bond acceptors (Lipinski definition) is 6. The quantitative estimate of drug-likeness (QED) is 0.587. The van der Waals surface area contributed by atoms with Crippen LogP contribution in [0.25, 0.3) is 0 Å². The van der Waals surface area contributed by atoms with Gasteiger partial charge in [0.05, 0.1) is 6.04 Å². The van der Waals surface area contributed by atoms with Crippen LogP contribution >= 0.6 is 11.6 Å². The van der Waals surface area contributed by atoms with Crippen molar-refractivity contribution in [1.82, 2.24) is 14.9 Å². The number of aryl methyl sites for hydroxylation is 2. The van der Waals surface area contributed by atoms with Gasteiger partial charge in [-0.2, -0.15) is 4.98 Å². The van der Waals surface area contributed by atoms with Crippen LogP contribution < -0.4 is 10.2 Å². The van der Waals surface area contributed by atoms with E-state index in [1.165, 1.54) is 38.8 Å². The topological polar surface area (TPSA) is 64.5 Å². The zero-order valence-electron chi connectivity index (χ0n) is 20.7. The molecule has 3 aliphatic rings. The molecule has 2 atom stereocenters. The summed E-state index contributed by atoms with van der Waals surface area (Å²) < 4.78 is 0. The van der Waals surface area contributed by atoms with Crippen LogP contribution in [0.4, 0.5) is 11.8 Å². The van der Waals surface area contributed by atoms with E-state index in [1.54, 1.807) is 0 Å². The Bertz CT molecular complexity index is 1000. The average Bonchev–Trinajstić information content (AvgIpc) is 2.74. The van der Waals surface area contributed by atoms with E-state index in [1.807, 2.05) is 19.2 Å². The lowest BCUT2D eigenvalue weighted by molar-refractivity contribution is 0.00777. The number of rotatable bonds is 7. The molecule has 2 saturated heterocycles. The van der Waals surface area contributed by atoms with Gasteiger partial charge in [0.25, 0.3) is 0 Å². The first-order valence-electron chi connectivity index (χ1n) is 12.9. The second-order valence-electron chi connectivity index (χ2n) is 10.8. The fraction of sp³-hybridized carbons (Fsp3) is 0.630. The number of anilines is 2. The number of benzene rings is 1. The number of halogens is 1. The normalized spacial score (nSPS) is 26.6. The molecule has 1 aliphatic carbocycles. The van der Waals surface area contributed by atoms with E-state index in [4.69, 9.17) is 16.6 Å². The largest absolute Gasteiger partial charge is 0.396 e. The summed E-state index contributed by atoms with van der Waals surface area (Å²) in [5.41, 5.74) is 3.28. The molecule has 0 radical (unpaired) electrons. The maximum atomic E-state index is 9.35. The van der Waals surface area contributed by atoms with E-state index in [-0.39, 0.29) is 6.04 Å². The fourth-order valence-electron chi connectivity index (χ4n) is 5.88. The molecule has 2 aliphatic heterocycles. The molecule has 2 N–H and O–H groups in total. The number of nitrogens with one attached hydrogen (secondary N) is 1. The molecule has 0 amide bonds. The minimum Gasteiger partial charge on any atom is -0.396 e. The lowest BCUT2D eigenvalue weighted by Gasteiger charge is -2.50. The lowest BCUT2D eigenvalue weighted by atomic mass is 9.76. The Labute approximate surface area is 208 Å². The van der Waals surface area contributed by atoms with E-state index in [0.717, 1.165) is 58.4 Å². The van der Waals surface area contributed by atoms with Gasteiger partial charge >= 0.3 is 0 Å². The summed E-state index contributed by atoms with van der Waals surface area (Å²) in [4.78, 5) is 14.6. The predicted molar refractivity (Wildman–Crippen MR) is 139 cm³/mol. The molecule has 0 spiro atoms. The number of likely N-dealkylation sites (tertiary alicyclic amines) is 1. The number of aliphatic hydroxyl groups is 1. The highest BCUT2D eigenvalue weighted by atomic mass is 35.5. The highest BCUT2D eigenvalue weighted by Gasteiger charge is 2.40. The molecule has 3 heterocycles. The van der Waals surface area contributed by atoms with Crippen LogP contribution in [0.1, 0.15) is 55.3 Å². The number of piperidine rings is 1. The van der Waals surface area contributed by atoms with Crippen molar-refractivity contribution in [1.29, 1.82) is 0 Å². The van der Waals surface area contributed by atoms with Gasteiger partial charge in [0, 0.05) is 49.1 Å². The second-order valence-corrected chi connectivity index (χ2v) is 11.2. The van der Waals surface area contributed by atoms with Gasteiger partial charge in [-0.15, -0.1) is 0 Å². The predicted octanol–water partition coefficient (Wildman–Crippen LogP) is 4.84. The van der Waals surface area contributed by atoms with Gasteiger partial charge in [-0.05, 0) is 87.9 Å². The highest BCUT2D eigenvalue weighted by Crippen LogP contribution is 2.38. The first-order chi connectivity index (χ1) is 16.4. The molecular formula is C27H38ClN5O. The van der Waals surface area contributed by atoms with Crippen LogP contribution in [0.2, 0.25) is 5.02 Å². The molecule has 1 saturated carbocycles. The van der Waals surface area contributed by atoms with Gasteiger partial charge in [-0.3, -0.25) is 0 Å². The third-order valence-corrected chi connectivity index (χ3v) is 8.60. The maximum Gasteiger partial charge on any atom is 0.227 e. The Morgan fingerprint density at radius 2 is 1.97 bits per heavy atom. The third kappa shape index (κ3) is 4.91. The number of aliphatic hydroxyl groups excluding tert-OH is 1. The summed E-state index contributed by atoms with van der Waals surface area (Å²) in [6, 6.07) is 6.96. The molecule has 3 fully saturated rings. The Morgan fingerprint density at radius 1 is 1.18 bits per heavy atom. The summed E-state index contributed by atoms with van der Waals surface area (Å²) >= 11 is 6.50. The number of hydrogen-bond donors (Lipinski definition) is 2. The third-order valence-electron chi connectivity index (χ3n) is 8.27. The summed E-state index contributed by atoms with van der Waals surface area (Å²) in [6.07, 6.45) is 6.92. The van der Waals surface area contributed by atoms with E-state index in [0.29, 0.717) is 18.6 Å². The number of nitrogens with zero attached hydrogens (tertiary/aromatic N) is 4. The van der Waals surface area contributed by atoms with Crippen LogP contribution in [0.15, 0.2) is 24.4 Å². The van der Waals surface area contributed by atoms with E-state index in [2.05, 4.69) is 46.1 Å². The zero-order valence-corrected chi connectivity index (χ0v) is 21.4. The molecule has 34 heavy (non-hydrogen) atoms. The molecule has 1 aromatic carbocycles. The van der Waals surface area contributed by atoms with Crippen LogP contribution in [0.5, 0.6) is 0 Å². The van der Waals surface area contributed by atoms with E-state index in [9.17, 15) is 5.11 Å². The van der Waals surface area contributed by atoms with Gasteiger partial charge in [0.1, 0.15) is 5.82 Å². The Balaban J connectivity index is 1.18. The van der Waals surface area contributed by atoms with Crippen LogP contribution in [-0.2, 0) is 0 Å². The summed E-state index contributed by atoms with van der Waals surface area (Å²) in [5, 5.41) is 13.7. The Kier molecular flexibility index (Phi) is 7.01. The van der Waals surface area contributed by atoms with Crippen LogP contribution in [-0.4, -0.2) is 58.8 Å². The molecule has 6 nitrogen and oxygen atoms in total. The highest BCUT2D eigenvalue weighted by molar-refractivity contribution is 6.31. The molecule has 7 heteroatoms. The van der Waals surface area contributed by atoms with Crippen molar-refractivity contribution in [3.63, 3.8) is 0 Å². The lowest BCUT2D eigenvalue weighted by Crippen LogP contribution is -2.56. The minimum atomic E-state index is 0.0591. The first kappa shape index (κ1) is 23.8. The molecule has 2 unspecified atom stereocenters. The molecule has 184 valence electrons. The van der Waals surface area contributed by atoms with Crippen molar-refractivity contribution >= 4 is 23.4 Å². The molecule has 0 bridgehead atoms. The first-order valence-corrected chi connectivity index (χ1v) is 13.2. The van der Waals surface area contributed by atoms with Crippen molar-refractivity contribution in [2.24, 2.45) is 17.8 Å². The summed E-state index contributed by atoms with van der Waals surface area (Å²) in [7, 11) is 0. The van der Waals surface area contributed by atoms with Crippen molar-refractivity contribution in [3.05, 3.63) is 46.1 Å². The summed E-state index contributed by atoms with van der Waals surface area (Å²) in [6.45, 7) is 11.1. The zero-order chi connectivity index (χ0) is 23.8. The van der Waals surface area contributed by atoms with Gasteiger partial charge in [-0.1, -0.05) is 23.7 Å². The molecule has 1 aromatic heterocycles. The Morgan fingerprint density at radius 3 is 2.71 bits per heavy atom. The van der Waals surface area contributed by atoms with Gasteiger partial charge in [0.15, 0.2) is 0 Å². The summed E-state index contributed by atoms with van der Waals surface area (Å²) in [5.74, 6) is 3.73. The van der Waals surface area contributed by atoms with E-state index >= 15 is 0 Å². The molecular weight excluding hydrogens is 446 g/mol. The fourth-order valence-corrected chi connectivity index (χ4v) is 6.27. The number of aromatic nitrogens is 2. The minimum absolute atomic E-state index is 0.0591. The molecule has 5 rings (SSSR count). The average molecular weight is 484 g/mol. The van der Waals surface area contributed by atoms with Crippen molar-refractivity contribution in [3.8, 4) is 0 Å². The van der Waals surface area contributed by atoms with E-state index < -0.39 is 0 Å². The Hall–Kier alpha value is -1.89. The second kappa shape index (κ2) is 10.00. The van der Waals surface area contributed by atoms with Crippen LogP contribution in [0.3, 0.4) is 0 Å². The smallest absolute Gasteiger partial charge is 0.227 e. The van der Waals surface area contributed by atoms with Crippen molar-refractivity contribution in [2.75, 3.05) is 43.0 Å². The van der Waals surface area contributed by atoms with Crippen molar-refractivity contribution < 1.29 is 5.11 Å². The van der Waals surface area contributed by atoms with Crippen molar-refractivity contribution in [2.45, 2.75) is 58.5 Å². The maximum absolute atomic E-state index is 9.35. The van der Waals surface area contributed by atoms with Gasteiger partial charge in [-0.25, -0.2) is 4.98 Å². The van der Waals surface area contributed by atoms with Gasteiger partial charge in [0.2, 0.25) is 5.95 Å². The SMILES string of the molecule is Cc1ccc(C(C)Nc2nc(N3CC(C4CCCN(C5CC(CO)C5)C4)C3)ncc2C)c(Cl)c1. The van der Waals surface area contributed by atoms with Gasteiger partial charge < -0.3 is 20.2 Å². The van der Waals surface area contributed by atoms with Crippen LogP contribution in [0, 0.1) is 31.6 Å². The molecule has 2 aromatic rings.